The lowest BCUT2D eigenvalue weighted by atomic mass is 10.1. The third kappa shape index (κ3) is 5.28. The molecule has 1 fully saturated rings. The number of nitrogens with zero attached hydrogens (tertiary/aromatic N) is 2. The Bertz CT molecular complexity index is 929. The number of benzene rings is 1. The van der Waals surface area contributed by atoms with Crippen molar-refractivity contribution >= 4 is 22.1 Å². The average molecular weight is 405 g/mol. The standard InChI is InChI=1S/C19H23N3O5S/c1-15-2-6-17(27-15)14-20-21-19(23)9-5-16-3-7-18(8-4-16)28(24,25)22-10-12-26-13-11-22/h2-4,6-8,14H,5,9-13H2,1H3,(H,21,23)/b20-14+. The van der Waals surface area contributed by atoms with Gasteiger partial charge in [0.25, 0.3) is 0 Å². The Morgan fingerprint density at radius 1 is 1.18 bits per heavy atom. The Kier molecular flexibility index (Phi) is 6.61. The molecule has 1 aromatic heterocycles. The summed E-state index contributed by atoms with van der Waals surface area (Å²) >= 11 is 0. The molecule has 0 atom stereocenters. The molecule has 1 amide bonds. The number of carbonyl (C=O) groups is 1. The quantitative estimate of drug-likeness (QED) is 0.558. The molecule has 150 valence electrons. The summed E-state index contributed by atoms with van der Waals surface area (Å²) in [4.78, 5) is 12.1. The number of amides is 1. The molecule has 1 aliphatic rings. The minimum atomic E-state index is -3.50. The second-order valence-corrected chi connectivity index (χ2v) is 8.34. The number of aryl methyl sites for hydroxylation is 2. The van der Waals surface area contributed by atoms with E-state index in [4.69, 9.17) is 9.15 Å². The summed E-state index contributed by atoms with van der Waals surface area (Å²) in [5.41, 5.74) is 3.32. The van der Waals surface area contributed by atoms with Crippen molar-refractivity contribution in [2.75, 3.05) is 26.3 Å². The molecular weight excluding hydrogens is 382 g/mol. The molecule has 1 N–H and O–H groups in total. The average Bonchev–Trinajstić information content (AvgIpc) is 3.12. The molecule has 9 heteroatoms. The first-order chi connectivity index (χ1) is 13.4. The molecule has 0 radical (unpaired) electrons. The number of sulfonamides is 1. The number of morpholine rings is 1. The maximum absolute atomic E-state index is 12.6. The molecule has 1 aliphatic heterocycles. The molecule has 0 saturated carbocycles. The molecule has 3 rings (SSSR count). The monoisotopic (exact) mass is 405 g/mol. The molecular formula is C19H23N3O5S. The molecule has 1 saturated heterocycles. The van der Waals surface area contributed by atoms with E-state index < -0.39 is 10.0 Å². The summed E-state index contributed by atoms with van der Waals surface area (Å²) in [5, 5.41) is 3.85. The van der Waals surface area contributed by atoms with Gasteiger partial charge in [-0.15, -0.1) is 0 Å². The molecule has 2 aromatic rings. The lowest BCUT2D eigenvalue weighted by molar-refractivity contribution is -0.121. The van der Waals surface area contributed by atoms with Gasteiger partial charge >= 0.3 is 0 Å². The lowest BCUT2D eigenvalue weighted by Gasteiger charge is -2.26. The molecule has 0 unspecified atom stereocenters. The van der Waals surface area contributed by atoms with Gasteiger partial charge in [0.2, 0.25) is 15.9 Å². The van der Waals surface area contributed by atoms with Crippen LogP contribution >= 0.6 is 0 Å². The molecule has 2 heterocycles. The van der Waals surface area contributed by atoms with Gasteiger partial charge in [0, 0.05) is 19.5 Å². The van der Waals surface area contributed by atoms with Crippen LogP contribution in [0.3, 0.4) is 0 Å². The van der Waals surface area contributed by atoms with Gasteiger partial charge in [0.15, 0.2) is 0 Å². The number of nitrogens with one attached hydrogen (secondary N) is 1. The molecule has 8 nitrogen and oxygen atoms in total. The van der Waals surface area contributed by atoms with Crippen LogP contribution in [0.25, 0.3) is 0 Å². The van der Waals surface area contributed by atoms with Crippen LogP contribution in [0.15, 0.2) is 50.8 Å². The summed E-state index contributed by atoms with van der Waals surface area (Å²) in [6.45, 7) is 3.38. The minimum absolute atomic E-state index is 0.232. The van der Waals surface area contributed by atoms with E-state index in [-0.39, 0.29) is 17.2 Å². The zero-order valence-electron chi connectivity index (χ0n) is 15.6. The highest BCUT2D eigenvalue weighted by molar-refractivity contribution is 7.89. The first kappa shape index (κ1) is 20.2. The van der Waals surface area contributed by atoms with Crippen molar-refractivity contribution in [1.82, 2.24) is 9.73 Å². The third-order valence-corrected chi connectivity index (χ3v) is 6.23. The summed E-state index contributed by atoms with van der Waals surface area (Å²) in [6.07, 6.45) is 2.17. The van der Waals surface area contributed by atoms with Gasteiger partial charge in [-0.3, -0.25) is 4.79 Å². The van der Waals surface area contributed by atoms with Crippen LogP contribution < -0.4 is 5.43 Å². The SMILES string of the molecule is Cc1ccc(/C=N/NC(=O)CCc2ccc(S(=O)(=O)N3CCOCC3)cc2)o1. The van der Waals surface area contributed by atoms with Gasteiger partial charge in [-0.25, -0.2) is 13.8 Å². The van der Waals surface area contributed by atoms with Crippen LogP contribution in [0.1, 0.15) is 23.5 Å². The zero-order valence-corrected chi connectivity index (χ0v) is 16.4. The highest BCUT2D eigenvalue weighted by Gasteiger charge is 2.26. The number of hydrogen-bond acceptors (Lipinski definition) is 6. The second kappa shape index (κ2) is 9.13. The van der Waals surface area contributed by atoms with Crippen molar-refractivity contribution in [3.63, 3.8) is 0 Å². The van der Waals surface area contributed by atoms with Crippen LogP contribution in [0.2, 0.25) is 0 Å². The Morgan fingerprint density at radius 3 is 2.54 bits per heavy atom. The lowest BCUT2D eigenvalue weighted by Crippen LogP contribution is -2.40. The number of hydrazone groups is 1. The summed E-state index contributed by atoms with van der Waals surface area (Å²) in [7, 11) is -3.50. The highest BCUT2D eigenvalue weighted by Crippen LogP contribution is 2.18. The number of hydrogen-bond donors (Lipinski definition) is 1. The van der Waals surface area contributed by atoms with Crippen molar-refractivity contribution in [3.8, 4) is 0 Å². The number of rotatable bonds is 7. The summed E-state index contributed by atoms with van der Waals surface area (Å²) in [6, 6.07) is 10.2. The predicted molar refractivity (Wildman–Crippen MR) is 104 cm³/mol. The van der Waals surface area contributed by atoms with E-state index in [9.17, 15) is 13.2 Å². The number of furan rings is 1. The Hall–Kier alpha value is -2.49. The maximum Gasteiger partial charge on any atom is 0.243 e. The fraction of sp³-hybridized carbons (Fsp3) is 0.368. The van der Waals surface area contributed by atoms with Crippen LogP contribution in [0.4, 0.5) is 0 Å². The van der Waals surface area contributed by atoms with E-state index >= 15 is 0 Å². The highest BCUT2D eigenvalue weighted by atomic mass is 32.2. The van der Waals surface area contributed by atoms with Crippen LogP contribution in [0.5, 0.6) is 0 Å². The fourth-order valence-corrected chi connectivity index (χ4v) is 4.18. The zero-order chi connectivity index (χ0) is 20.0. The summed E-state index contributed by atoms with van der Waals surface area (Å²) < 4.78 is 37.1. The van der Waals surface area contributed by atoms with Gasteiger partial charge < -0.3 is 9.15 Å². The van der Waals surface area contributed by atoms with E-state index in [0.717, 1.165) is 11.3 Å². The smallest absolute Gasteiger partial charge is 0.243 e. The van der Waals surface area contributed by atoms with E-state index in [2.05, 4.69) is 10.5 Å². The van der Waals surface area contributed by atoms with Gasteiger partial charge in [-0.2, -0.15) is 9.41 Å². The van der Waals surface area contributed by atoms with Crippen molar-refractivity contribution < 1.29 is 22.4 Å². The Labute approximate surface area is 164 Å². The molecule has 0 aliphatic carbocycles. The third-order valence-electron chi connectivity index (χ3n) is 4.31. The summed E-state index contributed by atoms with van der Waals surface area (Å²) in [5.74, 6) is 1.10. The van der Waals surface area contributed by atoms with E-state index in [1.165, 1.54) is 10.5 Å². The predicted octanol–water partition coefficient (Wildman–Crippen LogP) is 1.69. The topological polar surface area (TPSA) is 101 Å². The molecule has 28 heavy (non-hydrogen) atoms. The second-order valence-electron chi connectivity index (χ2n) is 6.40. The Morgan fingerprint density at radius 2 is 1.89 bits per heavy atom. The normalized spacial score (nSPS) is 15.8. The van der Waals surface area contributed by atoms with Crippen LogP contribution in [-0.2, 0) is 26.0 Å². The van der Waals surface area contributed by atoms with Gasteiger partial charge in [0.1, 0.15) is 11.5 Å². The Balaban J connectivity index is 1.50. The number of ether oxygens (including phenoxy) is 1. The maximum atomic E-state index is 12.6. The minimum Gasteiger partial charge on any atom is -0.460 e. The molecule has 0 bridgehead atoms. The van der Waals surface area contributed by atoms with E-state index in [1.54, 1.807) is 30.3 Å². The molecule has 1 aromatic carbocycles. The van der Waals surface area contributed by atoms with Crippen LogP contribution in [-0.4, -0.2) is 51.1 Å². The van der Waals surface area contributed by atoms with Gasteiger partial charge in [-0.1, -0.05) is 12.1 Å². The number of carbonyl (C=O) groups excluding carboxylic acids is 1. The van der Waals surface area contributed by atoms with Gasteiger partial charge in [-0.05, 0) is 43.2 Å². The first-order valence-corrected chi connectivity index (χ1v) is 10.4. The van der Waals surface area contributed by atoms with Crippen LogP contribution in [0, 0.1) is 6.92 Å². The van der Waals surface area contributed by atoms with Crippen molar-refractivity contribution in [2.24, 2.45) is 5.10 Å². The van der Waals surface area contributed by atoms with E-state index in [0.29, 0.717) is 38.5 Å². The van der Waals surface area contributed by atoms with Gasteiger partial charge in [0.05, 0.1) is 24.3 Å². The van der Waals surface area contributed by atoms with Crippen molar-refractivity contribution in [3.05, 3.63) is 53.5 Å². The largest absolute Gasteiger partial charge is 0.460 e. The van der Waals surface area contributed by atoms with E-state index in [1.807, 2.05) is 13.0 Å². The molecule has 0 spiro atoms. The van der Waals surface area contributed by atoms with Crippen molar-refractivity contribution in [2.45, 2.75) is 24.7 Å². The fourth-order valence-electron chi connectivity index (χ4n) is 2.77. The van der Waals surface area contributed by atoms with Crippen molar-refractivity contribution in [1.29, 1.82) is 0 Å². The first-order valence-electron chi connectivity index (χ1n) is 9.00.